The summed E-state index contributed by atoms with van der Waals surface area (Å²) in [7, 11) is 0. The molecular formula is C23H25F3N4O3S. The molecule has 34 heavy (non-hydrogen) atoms. The van der Waals surface area contributed by atoms with Crippen molar-refractivity contribution in [1.29, 1.82) is 0 Å². The first-order valence-corrected chi connectivity index (χ1v) is 11.3. The lowest BCUT2D eigenvalue weighted by atomic mass is 10.0. The van der Waals surface area contributed by atoms with Gasteiger partial charge in [0, 0.05) is 11.1 Å². The van der Waals surface area contributed by atoms with Crippen LogP contribution in [0.2, 0.25) is 0 Å². The minimum Gasteiger partial charge on any atom is -0.381 e. The second-order valence-corrected chi connectivity index (χ2v) is 9.45. The molecule has 182 valence electrons. The fourth-order valence-corrected chi connectivity index (χ4v) is 4.72. The molecular weight excluding hydrogens is 469 g/mol. The summed E-state index contributed by atoms with van der Waals surface area (Å²) in [6, 6.07) is 7.70. The molecule has 0 fully saturated rings. The Morgan fingerprint density at radius 3 is 2.35 bits per heavy atom. The van der Waals surface area contributed by atoms with Crippen LogP contribution in [0.4, 0.5) is 19.0 Å². The maximum Gasteiger partial charge on any atom is 0.416 e. The summed E-state index contributed by atoms with van der Waals surface area (Å²) in [5.74, 6) is -1.09. The Hall–Kier alpha value is -3.05. The normalized spacial score (nSPS) is 17.4. The van der Waals surface area contributed by atoms with Crippen LogP contribution in [0.1, 0.15) is 54.6 Å². The highest BCUT2D eigenvalue weighted by atomic mass is 32.2. The number of hydrogen-bond acceptors (Lipinski definition) is 6. The van der Waals surface area contributed by atoms with Gasteiger partial charge >= 0.3 is 6.18 Å². The zero-order valence-corrected chi connectivity index (χ0v) is 19.8. The second kappa shape index (κ2) is 9.30. The number of benzene rings is 1. The molecule has 1 aliphatic heterocycles. The van der Waals surface area contributed by atoms with E-state index in [2.05, 4.69) is 10.3 Å². The Labute approximate surface area is 199 Å². The number of aromatic nitrogens is 1. The molecule has 1 aromatic heterocycles. The van der Waals surface area contributed by atoms with E-state index in [0.29, 0.717) is 16.8 Å². The van der Waals surface area contributed by atoms with Gasteiger partial charge in [-0.3, -0.25) is 9.59 Å². The van der Waals surface area contributed by atoms with Crippen molar-refractivity contribution in [2.24, 2.45) is 5.73 Å². The van der Waals surface area contributed by atoms with Crippen molar-refractivity contribution in [2.45, 2.75) is 50.9 Å². The maximum absolute atomic E-state index is 13.0. The van der Waals surface area contributed by atoms with Crippen LogP contribution in [0, 0.1) is 6.92 Å². The van der Waals surface area contributed by atoms with Crippen LogP contribution in [0.5, 0.6) is 0 Å². The quantitative estimate of drug-likeness (QED) is 0.554. The van der Waals surface area contributed by atoms with Gasteiger partial charge < -0.3 is 21.1 Å². The van der Waals surface area contributed by atoms with Crippen LogP contribution < -0.4 is 11.1 Å². The summed E-state index contributed by atoms with van der Waals surface area (Å²) in [5.41, 5.74) is 5.27. The summed E-state index contributed by atoms with van der Waals surface area (Å²) in [4.78, 5) is 30.4. The molecule has 0 saturated heterocycles. The van der Waals surface area contributed by atoms with Crippen LogP contribution in [-0.2, 0) is 15.8 Å². The van der Waals surface area contributed by atoms with Crippen LogP contribution in [0.3, 0.4) is 0 Å². The van der Waals surface area contributed by atoms with E-state index in [1.807, 2.05) is 6.92 Å². The van der Waals surface area contributed by atoms with Crippen LogP contribution in [0.15, 0.2) is 47.5 Å². The Morgan fingerprint density at radius 1 is 1.21 bits per heavy atom. The molecule has 0 saturated carbocycles. The largest absolute Gasteiger partial charge is 0.416 e. The number of nitrogens with zero attached hydrogens (tertiary/aromatic N) is 2. The summed E-state index contributed by atoms with van der Waals surface area (Å²) in [6.07, 6.45) is -4.45. The molecule has 0 radical (unpaired) electrons. The minimum absolute atomic E-state index is 0.219. The predicted molar refractivity (Wildman–Crippen MR) is 123 cm³/mol. The Balaban J connectivity index is 1.96. The lowest BCUT2D eigenvalue weighted by molar-refractivity contribution is -0.137. The smallest absolute Gasteiger partial charge is 0.381 e. The first-order chi connectivity index (χ1) is 15.7. The standard InChI is InChI=1S/C23H25F3N4O3S/c1-12-9-15(10-18(28-12)29-21(32)22(3,4)33)13(2)30-17(19(27)31)11-34-20(30)14-5-7-16(8-6-14)23(24,25)26/h5-11,13,20,33H,1-4H3,(H2,27,31)(H,28,29,32). The van der Waals surface area contributed by atoms with Gasteiger partial charge in [0.1, 0.15) is 22.5 Å². The molecule has 0 aliphatic carbocycles. The number of aryl methyl sites for hydroxylation is 1. The summed E-state index contributed by atoms with van der Waals surface area (Å²) < 4.78 is 39.0. The number of nitrogens with one attached hydrogen (secondary N) is 1. The van der Waals surface area contributed by atoms with E-state index in [0.717, 1.165) is 12.1 Å². The fraction of sp³-hybridized carbons (Fsp3) is 0.348. The Bertz CT molecular complexity index is 1130. The monoisotopic (exact) mass is 494 g/mol. The first-order valence-electron chi connectivity index (χ1n) is 10.3. The molecule has 1 aromatic carbocycles. The molecule has 2 heterocycles. The molecule has 1 aliphatic rings. The number of nitrogens with two attached hydrogens (primary N) is 1. The van der Waals surface area contributed by atoms with Crippen LogP contribution in [0.25, 0.3) is 0 Å². The minimum atomic E-state index is -4.45. The average Bonchev–Trinajstić information content (AvgIpc) is 3.17. The molecule has 3 rings (SSSR count). The number of hydrogen-bond donors (Lipinski definition) is 3. The topological polar surface area (TPSA) is 109 Å². The zero-order chi connectivity index (χ0) is 25.4. The summed E-state index contributed by atoms with van der Waals surface area (Å²) in [5, 5.41) is 13.6. The van der Waals surface area contributed by atoms with Crippen molar-refractivity contribution in [1.82, 2.24) is 9.88 Å². The van der Waals surface area contributed by atoms with E-state index in [-0.39, 0.29) is 11.5 Å². The fourth-order valence-electron chi connectivity index (χ4n) is 3.48. The number of carbonyl (C=O) groups excluding carboxylic acids is 2. The van der Waals surface area contributed by atoms with E-state index in [9.17, 15) is 27.9 Å². The van der Waals surface area contributed by atoms with Crippen molar-refractivity contribution in [3.8, 4) is 0 Å². The van der Waals surface area contributed by atoms with Crippen molar-refractivity contribution < 1.29 is 27.9 Å². The van der Waals surface area contributed by atoms with Gasteiger partial charge in [-0.15, -0.1) is 11.8 Å². The van der Waals surface area contributed by atoms with E-state index < -0.39 is 40.6 Å². The van der Waals surface area contributed by atoms with Gasteiger partial charge in [-0.25, -0.2) is 4.98 Å². The van der Waals surface area contributed by atoms with E-state index >= 15 is 0 Å². The molecule has 2 atom stereocenters. The maximum atomic E-state index is 13.0. The van der Waals surface area contributed by atoms with E-state index in [1.54, 1.807) is 29.4 Å². The molecule has 0 bridgehead atoms. The summed E-state index contributed by atoms with van der Waals surface area (Å²) >= 11 is 1.26. The number of halogens is 3. The summed E-state index contributed by atoms with van der Waals surface area (Å²) in [6.45, 7) is 6.24. The third-order valence-corrected chi connectivity index (χ3v) is 6.40. The number of alkyl halides is 3. The molecule has 2 amide bonds. The molecule has 2 aromatic rings. The number of thioether (sulfide) groups is 1. The first kappa shape index (κ1) is 25.6. The van der Waals surface area contributed by atoms with Gasteiger partial charge in [0.05, 0.1) is 11.6 Å². The van der Waals surface area contributed by atoms with E-state index in [4.69, 9.17) is 5.73 Å². The average molecular weight is 495 g/mol. The van der Waals surface area contributed by atoms with Crippen molar-refractivity contribution >= 4 is 29.4 Å². The van der Waals surface area contributed by atoms with Gasteiger partial charge in [0.15, 0.2) is 0 Å². The number of rotatable bonds is 6. The van der Waals surface area contributed by atoms with Crippen molar-refractivity contribution in [3.05, 3.63) is 69.9 Å². The highest BCUT2D eigenvalue weighted by Crippen LogP contribution is 2.47. The number of aliphatic hydroxyl groups is 1. The van der Waals surface area contributed by atoms with Gasteiger partial charge in [-0.2, -0.15) is 13.2 Å². The molecule has 0 spiro atoms. The molecule has 2 unspecified atom stereocenters. The Morgan fingerprint density at radius 2 is 1.82 bits per heavy atom. The zero-order valence-electron chi connectivity index (χ0n) is 19.0. The van der Waals surface area contributed by atoms with Crippen LogP contribution >= 0.6 is 11.8 Å². The van der Waals surface area contributed by atoms with Gasteiger partial charge in [0.2, 0.25) is 0 Å². The molecule has 7 nitrogen and oxygen atoms in total. The number of amides is 2. The third-order valence-electron chi connectivity index (χ3n) is 5.29. The number of carbonyl (C=O) groups is 2. The molecule has 4 N–H and O–H groups in total. The number of primary amides is 1. The highest BCUT2D eigenvalue weighted by molar-refractivity contribution is 8.02. The number of anilines is 1. The highest BCUT2D eigenvalue weighted by Gasteiger charge is 2.36. The van der Waals surface area contributed by atoms with Crippen molar-refractivity contribution in [3.63, 3.8) is 0 Å². The third kappa shape index (κ3) is 5.53. The predicted octanol–water partition coefficient (Wildman–Crippen LogP) is 4.25. The Kier molecular flexibility index (Phi) is 6.99. The van der Waals surface area contributed by atoms with Crippen LogP contribution in [-0.4, -0.2) is 32.4 Å². The number of pyridine rings is 1. The van der Waals surface area contributed by atoms with E-state index in [1.165, 1.54) is 37.7 Å². The van der Waals surface area contributed by atoms with Gasteiger partial charge in [-0.1, -0.05) is 12.1 Å². The SMILES string of the molecule is Cc1cc(C(C)N2C(C(N)=O)=CSC2c2ccc(C(F)(F)F)cc2)cc(NC(=O)C(C)(C)O)n1. The molecule has 11 heteroatoms. The lowest BCUT2D eigenvalue weighted by Crippen LogP contribution is -2.37. The second-order valence-electron chi connectivity index (χ2n) is 8.50. The lowest BCUT2D eigenvalue weighted by Gasteiger charge is -2.34. The van der Waals surface area contributed by atoms with Gasteiger partial charge in [0.25, 0.3) is 11.8 Å². The van der Waals surface area contributed by atoms with Gasteiger partial charge in [-0.05, 0) is 63.1 Å². The van der Waals surface area contributed by atoms with Crippen molar-refractivity contribution in [2.75, 3.05) is 5.32 Å².